The van der Waals surface area contributed by atoms with Gasteiger partial charge in [-0.05, 0) is 23.8 Å². The number of carbonyl (C=O) groups is 1. The van der Waals surface area contributed by atoms with Gasteiger partial charge in [0.05, 0.1) is 11.8 Å². The third-order valence-electron chi connectivity index (χ3n) is 6.13. The zero-order valence-corrected chi connectivity index (χ0v) is 23.2. The second-order valence-corrected chi connectivity index (χ2v) is 8.92. The molecular formula is C30H27F6LiN3O2+. The van der Waals surface area contributed by atoms with E-state index in [1.54, 1.807) is 12.1 Å². The maximum atomic E-state index is 13.4. The summed E-state index contributed by atoms with van der Waals surface area (Å²) in [7, 11) is 0. The van der Waals surface area contributed by atoms with Crippen LogP contribution in [0.1, 0.15) is 60.3 Å². The van der Waals surface area contributed by atoms with Gasteiger partial charge >= 0.3 is 31.2 Å². The van der Waals surface area contributed by atoms with Gasteiger partial charge in [-0.25, -0.2) is 15.0 Å². The Bertz CT molecular complexity index is 1450. The van der Waals surface area contributed by atoms with Crippen LogP contribution in [0.15, 0.2) is 79.3 Å². The van der Waals surface area contributed by atoms with E-state index in [1.165, 1.54) is 42.9 Å². The molecule has 0 radical (unpaired) electrons. The van der Waals surface area contributed by atoms with Crippen molar-refractivity contribution in [2.24, 2.45) is 0 Å². The second-order valence-electron chi connectivity index (χ2n) is 8.92. The standard InChI is InChI=1S/C24H21F6N2.C6H5NO2.Li/c1-3-5-15(4-2)20-14-18(24(28,29)30)10-11-19(20)22-21(31-12-13-32-22)16-6-8-17(9-7-16)23(25,26)27;8-6(9)5-3-1-2-4-7-5;/h6-14H,3-5H2,1-2H3;1-4H,(H,8,9);/q-1;;+1/p+1. The molecule has 4 rings (SSSR count). The van der Waals surface area contributed by atoms with Crippen LogP contribution < -0.4 is 33.9 Å². The van der Waals surface area contributed by atoms with Gasteiger partial charge in [-0.15, -0.1) is 6.07 Å². The van der Waals surface area contributed by atoms with E-state index in [1.807, 2.05) is 13.8 Å². The summed E-state index contributed by atoms with van der Waals surface area (Å²) in [5.74, 6) is -0.320. The number of hydrogen-bond acceptors (Lipinski definition) is 3. The number of nitrogens with zero attached hydrogens (tertiary/aromatic N) is 1. The molecule has 0 aliphatic rings. The van der Waals surface area contributed by atoms with Crippen LogP contribution in [-0.2, 0) is 12.4 Å². The first-order valence-corrected chi connectivity index (χ1v) is 12.7. The third-order valence-corrected chi connectivity index (χ3v) is 6.13. The topological polar surface area (TPSA) is 81.3 Å². The molecular weight excluding hydrogens is 555 g/mol. The van der Waals surface area contributed by atoms with Crippen LogP contribution in [-0.4, -0.2) is 11.0 Å². The molecule has 0 fully saturated rings. The zero-order chi connectivity index (χ0) is 30.2. The molecule has 42 heavy (non-hydrogen) atoms. The van der Waals surface area contributed by atoms with Crippen LogP contribution in [0.4, 0.5) is 26.3 Å². The monoisotopic (exact) mass is 582 g/mol. The van der Waals surface area contributed by atoms with E-state index in [0.717, 1.165) is 36.6 Å². The van der Waals surface area contributed by atoms with Crippen molar-refractivity contribution in [2.45, 2.75) is 45.5 Å². The fraction of sp³-hybridized carbons (Fsp3) is 0.233. The predicted molar refractivity (Wildman–Crippen MR) is 137 cm³/mol. The number of rotatable bonds is 7. The first kappa shape index (κ1) is 34.4. The summed E-state index contributed by atoms with van der Waals surface area (Å²) in [5, 5.41) is 10.1. The molecule has 216 valence electrons. The van der Waals surface area contributed by atoms with Gasteiger partial charge in [-0.3, -0.25) is 0 Å². The van der Waals surface area contributed by atoms with Gasteiger partial charge in [0.2, 0.25) is 5.69 Å². The Hall–Kier alpha value is -3.81. The number of alkyl halides is 6. The number of aromatic nitrogens is 3. The van der Waals surface area contributed by atoms with Crippen molar-refractivity contribution in [1.82, 2.24) is 4.98 Å². The summed E-state index contributed by atoms with van der Waals surface area (Å²) >= 11 is 0. The predicted octanol–water partition coefficient (Wildman–Crippen LogP) is 3.27. The quantitative estimate of drug-likeness (QED) is 0.191. The zero-order valence-electron chi connectivity index (χ0n) is 23.2. The number of aromatic carboxylic acids is 1. The third kappa shape index (κ3) is 8.84. The van der Waals surface area contributed by atoms with Crippen LogP contribution >= 0.6 is 0 Å². The van der Waals surface area contributed by atoms with Crippen molar-refractivity contribution in [1.29, 1.82) is 0 Å². The van der Waals surface area contributed by atoms with Crippen LogP contribution in [0.2, 0.25) is 0 Å². The Balaban J connectivity index is 0.000000526. The van der Waals surface area contributed by atoms with Gasteiger partial charge < -0.3 is 9.90 Å². The van der Waals surface area contributed by atoms with Crippen molar-refractivity contribution in [3.05, 3.63) is 108 Å². The first-order chi connectivity index (χ1) is 19.4. The van der Waals surface area contributed by atoms with Crippen LogP contribution in [0, 0.1) is 5.92 Å². The minimum Gasteiger partial charge on any atom is -0.539 e. The molecule has 12 heteroatoms. The van der Waals surface area contributed by atoms with E-state index in [-0.39, 0.29) is 24.6 Å². The van der Waals surface area contributed by atoms with Crippen LogP contribution in [0.25, 0.3) is 22.5 Å². The van der Waals surface area contributed by atoms with Crippen molar-refractivity contribution < 1.29 is 65.1 Å². The van der Waals surface area contributed by atoms with E-state index in [4.69, 9.17) is 0 Å². The van der Waals surface area contributed by atoms with E-state index in [2.05, 4.69) is 15.0 Å². The van der Waals surface area contributed by atoms with Gasteiger partial charge in [-0.2, -0.15) is 43.9 Å². The average molecular weight is 582 g/mol. The largest absolute Gasteiger partial charge is 1.00 e. The number of carboxylic acid groups (broad SMARTS) is 1. The van der Waals surface area contributed by atoms with Crippen molar-refractivity contribution in [3.63, 3.8) is 0 Å². The molecule has 4 aromatic rings. The molecule has 2 aromatic carbocycles. The summed E-state index contributed by atoms with van der Waals surface area (Å²) in [6.45, 7) is 3.84. The molecule has 5 nitrogen and oxygen atoms in total. The Morgan fingerprint density at radius 1 is 0.881 bits per heavy atom. The number of carboxylic acids is 1. The van der Waals surface area contributed by atoms with Crippen molar-refractivity contribution in [3.8, 4) is 22.5 Å². The molecule has 0 bridgehead atoms. The van der Waals surface area contributed by atoms with E-state index < -0.39 is 29.4 Å². The number of pyridine rings is 1. The molecule has 0 spiro atoms. The number of benzene rings is 2. The molecule has 0 aliphatic heterocycles. The Morgan fingerprint density at radius 3 is 2.02 bits per heavy atom. The molecule has 2 N–H and O–H groups in total. The molecule has 0 aliphatic carbocycles. The summed E-state index contributed by atoms with van der Waals surface area (Å²) in [5.41, 5.74) is 0.752. The van der Waals surface area contributed by atoms with E-state index in [9.17, 15) is 36.2 Å². The number of H-pyrrole nitrogens is 2. The van der Waals surface area contributed by atoms with Gasteiger partial charge in [0.15, 0.2) is 18.1 Å². The Morgan fingerprint density at radius 2 is 1.52 bits per heavy atom. The molecule has 0 amide bonds. The fourth-order valence-corrected chi connectivity index (χ4v) is 4.16. The maximum Gasteiger partial charge on any atom is 1.00 e. The number of halogens is 6. The Kier molecular flexibility index (Phi) is 12.2. The first-order valence-electron chi connectivity index (χ1n) is 12.7. The summed E-state index contributed by atoms with van der Waals surface area (Å²) < 4.78 is 79.0. The molecule has 2 heterocycles. The van der Waals surface area contributed by atoms with Gasteiger partial charge in [0.1, 0.15) is 11.7 Å². The minimum absolute atomic E-state index is 0. The minimum atomic E-state index is -4.49. The molecule has 0 saturated heterocycles. The normalized spacial score (nSPS) is 11.1. The maximum absolute atomic E-state index is 13.4. The van der Waals surface area contributed by atoms with Crippen molar-refractivity contribution >= 4 is 5.97 Å². The fourth-order valence-electron chi connectivity index (χ4n) is 4.16. The molecule has 0 saturated carbocycles. The summed E-state index contributed by atoms with van der Waals surface area (Å²) in [4.78, 5) is 19.9. The van der Waals surface area contributed by atoms with E-state index >= 15 is 0 Å². The smallest absolute Gasteiger partial charge is 0.539 e. The Labute approximate surface area is 251 Å². The summed E-state index contributed by atoms with van der Waals surface area (Å²) in [6, 6.07) is 12.8. The van der Waals surface area contributed by atoms with Gasteiger partial charge in [0, 0.05) is 17.7 Å². The number of hydrogen-bond donors (Lipinski definition) is 0. The molecule has 2 aromatic heterocycles. The molecule has 0 atom stereocenters. The number of nitrogens with one attached hydrogen (secondary N) is 2. The number of carbonyl (C=O) groups excluding carboxylic acids is 1. The summed E-state index contributed by atoms with van der Waals surface area (Å²) in [6.07, 6.45) is -2.48. The number of aromatic amines is 2. The SMILES string of the molecule is CCC[C-](CC)c1cc(C(F)(F)F)ccc1-c1[nH+]ccnc1-c1ccc(C(F)(F)F)cc1.O=C([O-])c1cccc[nH+]1.[Li+]. The average Bonchev–Trinajstić information content (AvgIpc) is 2.95. The van der Waals surface area contributed by atoms with Crippen LogP contribution in [0.5, 0.6) is 0 Å². The second kappa shape index (κ2) is 14.9. The van der Waals surface area contributed by atoms with Crippen molar-refractivity contribution in [2.75, 3.05) is 0 Å². The van der Waals surface area contributed by atoms with Gasteiger partial charge in [0.25, 0.3) is 0 Å². The van der Waals surface area contributed by atoms with Gasteiger partial charge in [-0.1, -0.05) is 56.9 Å². The van der Waals surface area contributed by atoms with Crippen LogP contribution in [0.3, 0.4) is 0 Å². The van der Waals surface area contributed by atoms with E-state index in [0.29, 0.717) is 40.9 Å². The molecule has 0 unspecified atom stereocenters.